The predicted molar refractivity (Wildman–Crippen MR) is 106 cm³/mol. The Balaban J connectivity index is 1.57. The number of amides is 1. The van der Waals surface area contributed by atoms with Gasteiger partial charge in [-0.1, -0.05) is 0 Å². The van der Waals surface area contributed by atoms with E-state index in [0.29, 0.717) is 18.1 Å². The van der Waals surface area contributed by atoms with Crippen molar-refractivity contribution in [2.45, 2.75) is 26.4 Å². The predicted octanol–water partition coefficient (Wildman–Crippen LogP) is 2.95. The molecular weight excluding hydrogens is 360 g/mol. The van der Waals surface area contributed by atoms with Gasteiger partial charge in [0, 0.05) is 17.5 Å². The molecule has 0 spiro atoms. The Hall–Kier alpha value is -3.22. The van der Waals surface area contributed by atoms with E-state index in [9.17, 15) is 4.79 Å². The van der Waals surface area contributed by atoms with Crippen molar-refractivity contribution in [3.63, 3.8) is 0 Å². The topological polar surface area (TPSA) is 78.4 Å². The molecule has 1 N–H and O–H groups in total. The van der Waals surface area contributed by atoms with Crippen molar-refractivity contribution in [2.24, 2.45) is 5.10 Å². The fourth-order valence-electron chi connectivity index (χ4n) is 2.86. The molecule has 3 rings (SSSR count). The van der Waals surface area contributed by atoms with E-state index < -0.39 is 0 Å². The van der Waals surface area contributed by atoms with Crippen LogP contribution in [-0.2, 0) is 11.2 Å². The van der Waals surface area contributed by atoms with Crippen LogP contribution >= 0.6 is 0 Å². The Kier molecular flexibility index (Phi) is 6.37. The maximum Gasteiger partial charge on any atom is 0.277 e. The Bertz CT molecular complexity index is 849. The molecule has 1 aliphatic heterocycles. The molecule has 0 saturated carbocycles. The number of hydrogen-bond donors (Lipinski definition) is 1. The summed E-state index contributed by atoms with van der Waals surface area (Å²) in [4.78, 5) is 11.9. The van der Waals surface area contributed by atoms with Crippen LogP contribution in [0.2, 0.25) is 0 Å². The molecule has 1 atom stereocenters. The Morgan fingerprint density at radius 2 is 2.00 bits per heavy atom. The first kappa shape index (κ1) is 19.5. The number of hydrazone groups is 1. The summed E-state index contributed by atoms with van der Waals surface area (Å²) in [5.41, 5.74) is 4.31. The third kappa shape index (κ3) is 4.94. The van der Waals surface area contributed by atoms with Crippen LogP contribution in [0.1, 0.15) is 25.0 Å². The van der Waals surface area contributed by atoms with E-state index in [4.69, 9.17) is 18.9 Å². The number of carbonyl (C=O) groups is 1. The summed E-state index contributed by atoms with van der Waals surface area (Å²) in [6, 6.07) is 10.8. The van der Waals surface area contributed by atoms with Crippen molar-refractivity contribution < 1.29 is 23.7 Å². The molecule has 0 saturated heterocycles. The standard InChI is InChI=1S/C21H24N2O5/c1-4-26-19-10-15-9-14(2)28-20(15)11-16(19)12-22-23-21(24)13-27-18-7-5-17(25-3)6-8-18/h5-8,10-12,14H,4,9,13H2,1-3H3,(H,23,24)/b22-12-/t14-/m0/s1. The minimum Gasteiger partial charge on any atom is -0.497 e. The fourth-order valence-corrected chi connectivity index (χ4v) is 2.86. The Labute approximate surface area is 164 Å². The van der Waals surface area contributed by atoms with Crippen molar-refractivity contribution in [3.05, 3.63) is 47.5 Å². The highest BCUT2D eigenvalue weighted by molar-refractivity contribution is 5.86. The lowest BCUT2D eigenvalue weighted by molar-refractivity contribution is -0.123. The summed E-state index contributed by atoms with van der Waals surface area (Å²) in [5, 5.41) is 4.01. The Morgan fingerprint density at radius 3 is 2.71 bits per heavy atom. The molecule has 0 aromatic heterocycles. The largest absolute Gasteiger partial charge is 0.497 e. The molecule has 0 aliphatic carbocycles. The molecule has 1 aliphatic rings. The van der Waals surface area contributed by atoms with Crippen LogP contribution in [0.3, 0.4) is 0 Å². The van der Waals surface area contributed by atoms with E-state index in [1.807, 2.05) is 26.0 Å². The molecule has 0 radical (unpaired) electrons. The Morgan fingerprint density at radius 1 is 1.25 bits per heavy atom. The van der Waals surface area contributed by atoms with Gasteiger partial charge in [-0.05, 0) is 50.2 Å². The molecule has 1 amide bonds. The quantitative estimate of drug-likeness (QED) is 0.559. The van der Waals surface area contributed by atoms with Gasteiger partial charge in [0.2, 0.25) is 0 Å². The normalized spacial score (nSPS) is 15.0. The lowest BCUT2D eigenvalue weighted by Gasteiger charge is -2.09. The number of fused-ring (bicyclic) bond motifs is 1. The number of carbonyl (C=O) groups excluding carboxylic acids is 1. The van der Waals surface area contributed by atoms with Crippen molar-refractivity contribution in [2.75, 3.05) is 20.3 Å². The van der Waals surface area contributed by atoms with Crippen molar-refractivity contribution in [1.29, 1.82) is 0 Å². The van der Waals surface area contributed by atoms with Gasteiger partial charge in [-0.3, -0.25) is 4.79 Å². The zero-order valence-corrected chi connectivity index (χ0v) is 16.2. The van der Waals surface area contributed by atoms with Crippen LogP contribution in [0.4, 0.5) is 0 Å². The molecule has 28 heavy (non-hydrogen) atoms. The maximum absolute atomic E-state index is 11.9. The van der Waals surface area contributed by atoms with Crippen molar-refractivity contribution in [1.82, 2.24) is 5.43 Å². The molecule has 0 unspecified atom stereocenters. The highest BCUT2D eigenvalue weighted by Gasteiger charge is 2.21. The molecule has 7 nitrogen and oxygen atoms in total. The number of rotatable bonds is 8. The minimum atomic E-state index is -0.365. The van der Waals surface area contributed by atoms with E-state index in [2.05, 4.69) is 10.5 Å². The van der Waals surface area contributed by atoms with Gasteiger partial charge in [-0.25, -0.2) is 5.43 Å². The summed E-state index contributed by atoms with van der Waals surface area (Å²) in [5.74, 6) is 2.47. The number of hydrogen-bond acceptors (Lipinski definition) is 6. The van der Waals surface area contributed by atoms with Gasteiger partial charge in [0.25, 0.3) is 5.91 Å². The van der Waals surface area contributed by atoms with E-state index in [-0.39, 0.29) is 18.6 Å². The number of methoxy groups -OCH3 is 1. The fraction of sp³-hybridized carbons (Fsp3) is 0.333. The number of nitrogens with zero attached hydrogens (tertiary/aromatic N) is 1. The third-order valence-corrected chi connectivity index (χ3v) is 4.15. The summed E-state index contributed by atoms with van der Waals surface area (Å²) in [6.07, 6.45) is 2.54. The lowest BCUT2D eigenvalue weighted by atomic mass is 10.1. The monoisotopic (exact) mass is 384 g/mol. The summed E-state index contributed by atoms with van der Waals surface area (Å²) in [6.45, 7) is 4.34. The molecule has 148 valence electrons. The summed E-state index contributed by atoms with van der Waals surface area (Å²) in [7, 11) is 1.59. The smallest absolute Gasteiger partial charge is 0.277 e. The second kappa shape index (κ2) is 9.12. The van der Waals surface area contributed by atoms with E-state index >= 15 is 0 Å². The first-order valence-electron chi connectivity index (χ1n) is 9.14. The van der Waals surface area contributed by atoms with Gasteiger partial charge in [-0.15, -0.1) is 0 Å². The zero-order valence-electron chi connectivity index (χ0n) is 16.2. The first-order chi connectivity index (χ1) is 13.6. The van der Waals surface area contributed by atoms with E-state index in [1.165, 1.54) is 0 Å². The number of ether oxygens (including phenoxy) is 4. The molecular formula is C21H24N2O5. The molecule has 1 heterocycles. The zero-order chi connectivity index (χ0) is 19.9. The first-order valence-corrected chi connectivity index (χ1v) is 9.14. The van der Waals surface area contributed by atoms with Crippen LogP contribution in [0.15, 0.2) is 41.5 Å². The van der Waals surface area contributed by atoms with Crippen LogP contribution in [0.25, 0.3) is 0 Å². The number of benzene rings is 2. The van der Waals surface area contributed by atoms with Gasteiger partial charge >= 0.3 is 0 Å². The van der Waals surface area contributed by atoms with Crippen molar-refractivity contribution >= 4 is 12.1 Å². The average Bonchev–Trinajstić information content (AvgIpc) is 3.06. The molecule has 0 fully saturated rings. The molecule has 0 bridgehead atoms. The summed E-state index contributed by atoms with van der Waals surface area (Å²) < 4.78 is 22.0. The average molecular weight is 384 g/mol. The molecule has 7 heteroatoms. The van der Waals surface area contributed by atoms with Gasteiger partial charge in [-0.2, -0.15) is 5.10 Å². The highest BCUT2D eigenvalue weighted by Crippen LogP contribution is 2.34. The third-order valence-electron chi connectivity index (χ3n) is 4.15. The van der Waals surface area contributed by atoms with E-state index in [0.717, 1.165) is 29.0 Å². The van der Waals surface area contributed by atoms with Crippen LogP contribution < -0.4 is 24.4 Å². The van der Waals surface area contributed by atoms with E-state index in [1.54, 1.807) is 37.6 Å². The highest BCUT2D eigenvalue weighted by atomic mass is 16.5. The second-order valence-corrected chi connectivity index (χ2v) is 6.32. The SMILES string of the molecule is CCOc1cc2c(cc1/C=N\NC(=O)COc1ccc(OC)cc1)O[C@@H](C)C2. The van der Waals surface area contributed by atoms with Gasteiger partial charge in [0.1, 0.15) is 29.1 Å². The lowest BCUT2D eigenvalue weighted by Crippen LogP contribution is -2.24. The number of nitrogens with one attached hydrogen (secondary N) is 1. The second-order valence-electron chi connectivity index (χ2n) is 6.32. The van der Waals surface area contributed by atoms with Gasteiger partial charge < -0.3 is 18.9 Å². The maximum atomic E-state index is 11.9. The van der Waals surface area contributed by atoms with Crippen LogP contribution in [0, 0.1) is 0 Å². The minimum absolute atomic E-state index is 0.145. The van der Waals surface area contributed by atoms with Crippen molar-refractivity contribution in [3.8, 4) is 23.0 Å². The van der Waals surface area contributed by atoms with Crippen LogP contribution in [0.5, 0.6) is 23.0 Å². The molecule has 2 aromatic carbocycles. The van der Waals surface area contributed by atoms with Crippen LogP contribution in [-0.4, -0.2) is 38.5 Å². The van der Waals surface area contributed by atoms with Gasteiger partial charge in [0.05, 0.1) is 19.9 Å². The molecule has 2 aromatic rings. The van der Waals surface area contributed by atoms with Gasteiger partial charge in [0.15, 0.2) is 6.61 Å². The summed E-state index contributed by atoms with van der Waals surface area (Å²) >= 11 is 0.